The van der Waals surface area contributed by atoms with E-state index >= 15 is 0 Å². The van der Waals surface area contributed by atoms with E-state index in [1.54, 1.807) is 0 Å². The van der Waals surface area contributed by atoms with E-state index in [9.17, 15) is 18.9 Å². The number of aliphatic hydroxyl groups is 1. The average molecular weight is 249 g/mol. The molecule has 0 fully saturated rings. The quantitative estimate of drug-likeness (QED) is 0.376. The van der Waals surface area contributed by atoms with E-state index in [1.807, 2.05) is 0 Å². The minimum absolute atomic E-state index is 0.0663. The van der Waals surface area contributed by atoms with Gasteiger partial charge < -0.3 is 5.11 Å². The SMILES string of the molecule is O=[N+]([O-])c1cc(F)c(SCCCO)c(F)c1. The summed E-state index contributed by atoms with van der Waals surface area (Å²) in [6, 6.07) is 1.37. The second kappa shape index (κ2) is 5.76. The molecule has 0 saturated heterocycles. The number of hydrogen-bond donors (Lipinski definition) is 1. The minimum atomic E-state index is -0.949. The maximum atomic E-state index is 13.3. The van der Waals surface area contributed by atoms with Gasteiger partial charge in [-0.15, -0.1) is 11.8 Å². The van der Waals surface area contributed by atoms with Gasteiger partial charge in [0.05, 0.1) is 22.0 Å². The van der Waals surface area contributed by atoms with Crippen LogP contribution in [-0.2, 0) is 0 Å². The van der Waals surface area contributed by atoms with Crippen molar-refractivity contribution in [2.24, 2.45) is 0 Å². The molecule has 4 nitrogen and oxygen atoms in total. The normalized spacial score (nSPS) is 10.4. The Balaban J connectivity index is 2.89. The van der Waals surface area contributed by atoms with Crippen LogP contribution in [-0.4, -0.2) is 22.4 Å². The van der Waals surface area contributed by atoms with Gasteiger partial charge in [-0.05, 0) is 6.42 Å². The molecule has 0 spiro atoms. The molecule has 0 aliphatic carbocycles. The molecule has 0 unspecified atom stereocenters. The Morgan fingerprint density at radius 1 is 1.38 bits per heavy atom. The lowest BCUT2D eigenvalue weighted by Crippen LogP contribution is -1.95. The van der Waals surface area contributed by atoms with E-state index in [-0.39, 0.29) is 11.5 Å². The van der Waals surface area contributed by atoms with Gasteiger partial charge in [0.25, 0.3) is 5.69 Å². The first-order valence-corrected chi connectivity index (χ1v) is 5.42. The molecule has 0 heterocycles. The Hall–Kier alpha value is -1.21. The molecule has 1 N–H and O–H groups in total. The Labute approximate surface area is 94.4 Å². The predicted molar refractivity (Wildman–Crippen MR) is 55.4 cm³/mol. The molecule has 0 saturated carbocycles. The van der Waals surface area contributed by atoms with Gasteiger partial charge in [0.15, 0.2) is 0 Å². The highest BCUT2D eigenvalue weighted by molar-refractivity contribution is 7.99. The predicted octanol–water partition coefficient (Wildman–Crippen LogP) is 2.35. The van der Waals surface area contributed by atoms with Gasteiger partial charge in [-0.25, -0.2) is 8.78 Å². The minimum Gasteiger partial charge on any atom is -0.396 e. The van der Waals surface area contributed by atoms with Gasteiger partial charge in [-0.2, -0.15) is 0 Å². The van der Waals surface area contributed by atoms with Crippen LogP contribution in [0.2, 0.25) is 0 Å². The van der Waals surface area contributed by atoms with E-state index in [0.29, 0.717) is 24.3 Å². The van der Waals surface area contributed by atoms with E-state index < -0.39 is 22.2 Å². The fourth-order valence-corrected chi connectivity index (χ4v) is 1.90. The number of halogens is 2. The van der Waals surface area contributed by atoms with Gasteiger partial charge in [0, 0.05) is 12.4 Å². The molecule has 7 heteroatoms. The lowest BCUT2D eigenvalue weighted by molar-refractivity contribution is -0.385. The highest BCUT2D eigenvalue weighted by atomic mass is 32.2. The van der Waals surface area contributed by atoms with Crippen molar-refractivity contribution in [3.8, 4) is 0 Å². The van der Waals surface area contributed by atoms with Crippen molar-refractivity contribution in [3.05, 3.63) is 33.9 Å². The molecular weight excluding hydrogens is 240 g/mol. The summed E-state index contributed by atoms with van der Waals surface area (Å²) < 4.78 is 26.5. The second-order valence-corrected chi connectivity index (χ2v) is 4.03. The first-order valence-electron chi connectivity index (χ1n) is 4.43. The number of nitrogens with zero attached hydrogens (tertiary/aromatic N) is 1. The molecule has 0 bridgehead atoms. The summed E-state index contributed by atoms with van der Waals surface area (Å²) in [7, 11) is 0. The fourth-order valence-electron chi connectivity index (χ4n) is 1.03. The van der Waals surface area contributed by atoms with Crippen molar-refractivity contribution in [1.29, 1.82) is 0 Å². The van der Waals surface area contributed by atoms with Gasteiger partial charge in [0.1, 0.15) is 11.6 Å². The smallest absolute Gasteiger partial charge is 0.275 e. The Kier molecular flexibility index (Phi) is 4.63. The molecule has 0 aliphatic heterocycles. The van der Waals surface area contributed by atoms with Crippen LogP contribution >= 0.6 is 11.8 Å². The lowest BCUT2D eigenvalue weighted by Gasteiger charge is -2.03. The number of aliphatic hydroxyl groups excluding tert-OH is 1. The standard InChI is InChI=1S/C9H9F2NO3S/c10-7-4-6(12(14)15)5-8(11)9(7)16-3-1-2-13/h4-5,13H,1-3H2. The van der Waals surface area contributed by atoms with Crippen molar-refractivity contribution in [3.63, 3.8) is 0 Å². The van der Waals surface area contributed by atoms with Crippen molar-refractivity contribution in [2.75, 3.05) is 12.4 Å². The van der Waals surface area contributed by atoms with Crippen molar-refractivity contribution < 1.29 is 18.8 Å². The van der Waals surface area contributed by atoms with Crippen molar-refractivity contribution in [1.82, 2.24) is 0 Å². The highest BCUT2D eigenvalue weighted by Gasteiger charge is 2.16. The second-order valence-electron chi connectivity index (χ2n) is 2.92. The lowest BCUT2D eigenvalue weighted by atomic mass is 10.3. The largest absolute Gasteiger partial charge is 0.396 e. The number of hydrogen-bond acceptors (Lipinski definition) is 4. The molecule has 16 heavy (non-hydrogen) atoms. The van der Waals surface area contributed by atoms with Gasteiger partial charge in [-0.3, -0.25) is 10.1 Å². The molecule has 0 aliphatic rings. The van der Waals surface area contributed by atoms with Crippen LogP contribution in [0.1, 0.15) is 6.42 Å². The number of rotatable bonds is 5. The molecule has 0 atom stereocenters. The van der Waals surface area contributed by atoms with E-state index in [4.69, 9.17) is 5.11 Å². The molecule has 1 aromatic rings. The topological polar surface area (TPSA) is 63.4 Å². The molecule has 1 rings (SSSR count). The molecular formula is C9H9F2NO3S. The molecule has 88 valence electrons. The molecule has 0 amide bonds. The maximum Gasteiger partial charge on any atom is 0.275 e. The van der Waals surface area contributed by atoms with E-state index in [2.05, 4.69) is 0 Å². The summed E-state index contributed by atoms with van der Waals surface area (Å²) in [6.07, 6.45) is 0.403. The number of thioether (sulfide) groups is 1. The summed E-state index contributed by atoms with van der Waals surface area (Å²) in [4.78, 5) is 9.21. The van der Waals surface area contributed by atoms with E-state index in [1.165, 1.54) is 0 Å². The third kappa shape index (κ3) is 3.14. The first kappa shape index (κ1) is 12.9. The van der Waals surface area contributed by atoms with E-state index in [0.717, 1.165) is 11.8 Å². The zero-order chi connectivity index (χ0) is 12.1. The average Bonchev–Trinajstić information content (AvgIpc) is 2.21. The zero-order valence-corrected chi connectivity index (χ0v) is 8.97. The number of benzene rings is 1. The van der Waals surface area contributed by atoms with Crippen LogP contribution < -0.4 is 0 Å². The van der Waals surface area contributed by atoms with Crippen LogP contribution in [0, 0.1) is 21.7 Å². The summed E-state index contributed by atoms with van der Waals surface area (Å²) >= 11 is 0.886. The van der Waals surface area contributed by atoms with Gasteiger partial charge in [-0.1, -0.05) is 0 Å². The number of non-ortho nitro benzene ring substituents is 1. The highest BCUT2D eigenvalue weighted by Crippen LogP contribution is 2.29. The summed E-state index contributed by atoms with van der Waals surface area (Å²) in [6.45, 7) is -0.0663. The third-order valence-electron chi connectivity index (χ3n) is 1.74. The Morgan fingerprint density at radius 2 is 1.94 bits per heavy atom. The monoisotopic (exact) mass is 249 g/mol. The molecule has 0 aromatic heterocycles. The fraction of sp³-hybridized carbons (Fsp3) is 0.333. The van der Waals surface area contributed by atoms with Crippen LogP contribution in [0.25, 0.3) is 0 Å². The number of nitro benzene ring substituents is 1. The first-order chi connectivity index (χ1) is 7.56. The van der Waals surface area contributed by atoms with Crippen LogP contribution in [0.3, 0.4) is 0 Å². The summed E-state index contributed by atoms with van der Waals surface area (Å²) in [5.41, 5.74) is -0.610. The zero-order valence-electron chi connectivity index (χ0n) is 8.15. The van der Waals surface area contributed by atoms with Gasteiger partial charge >= 0.3 is 0 Å². The van der Waals surface area contributed by atoms with Crippen molar-refractivity contribution in [2.45, 2.75) is 11.3 Å². The Morgan fingerprint density at radius 3 is 2.38 bits per heavy atom. The maximum absolute atomic E-state index is 13.3. The van der Waals surface area contributed by atoms with Crippen LogP contribution in [0.15, 0.2) is 17.0 Å². The van der Waals surface area contributed by atoms with Crippen LogP contribution in [0.4, 0.5) is 14.5 Å². The summed E-state index contributed by atoms with van der Waals surface area (Å²) in [5, 5.41) is 18.8. The summed E-state index contributed by atoms with van der Waals surface area (Å²) in [5.74, 6) is -1.55. The van der Waals surface area contributed by atoms with Crippen molar-refractivity contribution >= 4 is 17.4 Å². The van der Waals surface area contributed by atoms with Gasteiger partial charge in [0.2, 0.25) is 0 Å². The molecule has 0 radical (unpaired) electrons. The molecule has 1 aromatic carbocycles. The number of nitro groups is 1. The third-order valence-corrected chi connectivity index (χ3v) is 2.91. The van der Waals surface area contributed by atoms with Crippen LogP contribution in [0.5, 0.6) is 0 Å². The Bertz CT molecular complexity index is 377.